The van der Waals surface area contributed by atoms with Gasteiger partial charge < -0.3 is 10.2 Å². The summed E-state index contributed by atoms with van der Waals surface area (Å²) < 4.78 is 0. The standard InChI is InChI=1S/C18H23N3O3/c1-19-15-3-2-10-20(12-15)18(24)14-6-4-13(5-7-14)11-21-16(22)8-9-17(21)23/h4-7,15,19H,2-3,8-12H2,1H3. The lowest BCUT2D eigenvalue weighted by Crippen LogP contribution is -2.46. The predicted molar refractivity (Wildman–Crippen MR) is 89.2 cm³/mol. The lowest BCUT2D eigenvalue weighted by atomic mass is 10.0. The van der Waals surface area contributed by atoms with Gasteiger partial charge in [0.15, 0.2) is 0 Å². The number of carbonyl (C=O) groups is 3. The van der Waals surface area contributed by atoms with Gasteiger partial charge in [-0.15, -0.1) is 0 Å². The maximum atomic E-state index is 12.6. The topological polar surface area (TPSA) is 69.7 Å². The SMILES string of the molecule is CNC1CCCN(C(=O)c2ccc(CN3C(=O)CCC3=O)cc2)C1. The van der Waals surface area contributed by atoms with E-state index in [1.807, 2.05) is 24.1 Å². The van der Waals surface area contributed by atoms with E-state index in [9.17, 15) is 14.4 Å². The Morgan fingerprint density at radius 1 is 1.17 bits per heavy atom. The molecule has 1 unspecified atom stereocenters. The van der Waals surface area contributed by atoms with Crippen LogP contribution in [0.2, 0.25) is 0 Å². The lowest BCUT2D eigenvalue weighted by molar-refractivity contribution is -0.139. The quantitative estimate of drug-likeness (QED) is 0.842. The highest BCUT2D eigenvalue weighted by molar-refractivity contribution is 6.01. The molecule has 128 valence electrons. The second-order valence-corrected chi connectivity index (χ2v) is 6.45. The molecule has 2 saturated heterocycles. The van der Waals surface area contributed by atoms with Crippen molar-refractivity contribution in [3.63, 3.8) is 0 Å². The molecule has 1 aromatic carbocycles. The average molecular weight is 329 g/mol. The number of nitrogens with one attached hydrogen (secondary N) is 1. The zero-order chi connectivity index (χ0) is 17.1. The first-order chi connectivity index (χ1) is 11.6. The lowest BCUT2D eigenvalue weighted by Gasteiger charge is -2.32. The molecule has 1 N–H and O–H groups in total. The van der Waals surface area contributed by atoms with Gasteiger partial charge in [-0.1, -0.05) is 12.1 Å². The molecule has 2 fully saturated rings. The zero-order valence-electron chi connectivity index (χ0n) is 14.0. The van der Waals surface area contributed by atoms with Crippen molar-refractivity contribution in [2.45, 2.75) is 38.3 Å². The first-order valence-corrected chi connectivity index (χ1v) is 8.47. The highest BCUT2D eigenvalue weighted by Gasteiger charge is 2.29. The maximum Gasteiger partial charge on any atom is 0.253 e. The zero-order valence-corrected chi connectivity index (χ0v) is 14.0. The second kappa shape index (κ2) is 7.13. The normalized spacial score (nSPS) is 21.5. The highest BCUT2D eigenvalue weighted by Crippen LogP contribution is 2.18. The fourth-order valence-electron chi connectivity index (χ4n) is 3.31. The van der Waals surface area contributed by atoms with Gasteiger partial charge in [-0.25, -0.2) is 0 Å². The number of nitrogens with zero attached hydrogens (tertiary/aromatic N) is 2. The Morgan fingerprint density at radius 3 is 2.46 bits per heavy atom. The fourth-order valence-corrected chi connectivity index (χ4v) is 3.31. The van der Waals surface area contributed by atoms with E-state index in [1.54, 1.807) is 12.1 Å². The number of likely N-dealkylation sites (N-methyl/N-ethyl adjacent to an activating group) is 1. The van der Waals surface area contributed by atoms with E-state index in [1.165, 1.54) is 4.90 Å². The van der Waals surface area contributed by atoms with Gasteiger partial charge in [-0.3, -0.25) is 19.3 Å². The Balaban J connectivity index is 1.64. The van der Waals surface area contributed by atoms with Gasteiger partial charge >= 0.3 is 0 Å². The summed E-state index contributed by atoms with van der Waals surface area (Å²) in [4.78, 5) is 39.1. The minimum Gasteiger partial charge on any atom is -0.337 e. The Bertz CT molecular complexity index is 625. The van der Waals surface area contributed by atoms with Crippen LogP contribution in [0.3, 0.4) is 0 Å². The smallest absolute Gasteiger partial charge is 0.253 e. The number of carbonyl (C=O) groups excluding carboxylic acids is 3. The van der Waals surface area contributed by atoms with Crippen molar-refractivity contribution in [3.05, 3.63) is 35.4 Å². The van der Waals surface area contributed by atoms with Crippen molar-refractivity contribution >= 4 is 17.7 Å². The monoisotopic (exact) mass is 329 g/mol. The molecule has 6 nitrogen and oxygen atoms in total. The molecule has 0 saturated carbocycles. The minimum absolute atomic E-state index is 0.0369. The third-order valence-electron chi connectivity index (χ3n) is 4.81. The van der Waals surface area contributed by atoms with E-state index >= 15 is 0 Å². The molecule has 1 atom stereocenters. The van der Waals surface area contributed by atoms with Crippen molar-refractivity contribution in [1.29, 1.82) is 0 Å². The molecular weight excluding hydrogens is 306 g/mol. The summed E-state index contributed by atoms with van der Waals surface area (Å²) in [6.45, 7) is 1.81. The van der Waals surface area contributed by atoms with Crippen molar-refractivity contribution in [1.82, 2.24) is 15.1 Å². The van der Waals surface area contributed by atoms with Crippen LogP contribution in [0.15, 0.2) is 24.3 Å². The molecule has 3 amide bonds. The third kappa shape index (κ3) is 3.48. The van der Waals surface area contributed by atoms with Crippen molar-refractivity contribution in [3.8, 4) is 0 Å². The van der Waals surface area contributed by atoms with Gasteiger partial charge in [0.25, 0.3) is 5.91 Å². The summed E-state index contributed by atoms with van der Waals surface area (Å²) in [5, 5.41) is 3.23. The number of hydrogen-bond donors (Lipinski definition) is 1. The summed E-state index contributed by atoms with van der Waals surface area (Å²) in [7, 11) is 1.92. The molecule has 0 radical (unpaired) electrons. The molecule has 0 spiro atoms. The average Bonchev–Trinajstić information content (AvgIpc) is 2.94. The summed E-state index contributed by atoms with van der Waals surface area (Å²) >= 11 is 0. The molecule has 3 rings (SSSR count). The van der Waals surface area contributed by atoms with E-state index in [-0.39, 0.29) is 24.3 Å². The molecule has 2 heterocycles. The first kappa shape index (κ1) is 16.6. The van der Waals surface area contributed by atoms with Crippen molar-refractivity contribution < 1.29 is 14.4 Å². The van der Waals surface area contributed by atoms with E-state index in [0.717, 1.165) is 31.5 Å². The molecular formula is C18H23N3O3. The van der Waals surface area contributed by atoms with E-state index in [4.69, 9.17) is 0 Å². The molecule has 6 heteroatoms. The van der Waals surface area contributed by atoms with Crippen LogP contribution in [-0.2, 0) is 16.1 Å². The van der Waals surface area contributed by atoms with Gasteiger partial charge in [0.05, 0.1) is 6.54 Å². The van der Waals surface area contributed by atoms with E-state index < -0.39 is 0 Å². The Labute approximate surface area is 141 Å². The number of imide groups is 1. The molecule has 0 aliphatic carbocycles. The number of piperidine rings is 1. The van der Waals surface area contributed by atoms with Gasteiger partial charge in [0.2, 0.25) is 11.8 Å². The van der Waals surface area contributed by atoms with Gasteiger partial charge in [-0.05, 0) is 37.6 Å². The number of likely N-dealkylation sites (tertiary alicyclic amines) is 2. The van der Waals surface area contributed by atoms with Crippen LogP contribution < -0.4 is 5.32 Å². The van der Waals surface area contributed by atoms with Gasteiger partial charge in [0, 0.05) is 37.5 Å². The Kier molecular flexibility index (Phi) is 4.94. The second-order valence-electron chi connectivity index (χ2n) is 6.45. The van der Waals surface area contributed by atoms with Crippen LogP contribution in [0.4, 0.5) is 0 Å². The van der Waals surface area contributed by atoms with Crippen LogP contribution in [0.5, 0.6) is 0 Å². The van der Waals surface area contributed by atoms with Crippen LogP contribution >= 0.6 is 0 Å². The van der Waals surface area contributed by atoms with E-state index in [2.05, 4.69) is 5.32 Å². The summed E-state index contributed by atoms with van der Waals surface area (Å²) in [6.07, 6.45) is 2.71. The van der Waals surface area contributed by atoms with Crippen LogP contribution in [-0.4, -0.2) is 53.7 Å². The van der Waals surface area contributed by atoms with Crippen LogP contribution in [0.1, 0.15) is 41.6 Å². The van der Waals surface area contributed by atoms with Crippen molar-refractivity contribution in [2.24, 2.45) is 0 Å². The Morgan fingerprint density at radius 2 is 1.83 bits per heavy atom. The largest absolute Gasteiger partial charge is 0.337 e. The molecule has 24 heavy (non-hydrogen) atoms. The summed E-state index contributed by atoms with van der Waals surface area (Å²) in [6, 6.07) is 7.57. The number of rotatable bonds is 4. The fraction of sp³-hybridized carbons (Fsp3) is 0.500. The third-order valence-corrected chi connectivity index (χ3v) is 4.81. The maximum absolute atomic E-state index is 12.6. The Hall–Kier alpha value is -2.21. The number of hydrogen-bond acceptors (Lipinski definition) is 4. The molecule has 1 aromatic rings. The van der Waals surface area contributed by atoms with Gasteiger partial charge in [-0.2, -0.15) is 0 Å². The first-order valence-electron chi connectivity index (χ1n) is 8.47. The summed E-state index contributed by atoms with van der Waals surface area (Å²) in [5.74, 6) is -0.201. The molecule has 2 aliphatic rings. The van der Waals surface area contributed by atoms with E-state index in [0.29, 0.717) is 24.4 Å². The summed E-state index contributed by atoms with van der Waals surface area (Å²) in [5.41, 5.74) is 1.51. The predicted octanol–water partition coefficient (Wildman–Crippen LogP) is 1.16. The number of benzene rings is 1. The highest BCUT2D eigenvalue weighted by atomic mass is 16.2. The van der Waals surface area contributed by atoms with Gasteiger partial charge in [0.1, 0.15) is 0 Å². The number of amides is 3. The molecule has 0 bridgehead atoms. The van der Waals surface area contributed by atoms with Crippen LogP contribution in [0.25, 0.3) is 0 Å². The van der Waals surface area contributed by atoms with Crippen LogP contribution in [0, 0.1) is 0 Å². The molecule has 2 aliphatic heterocycles. The molecule has 0 aromatic heterocycles. The van der Waals surface area contributed by atoms with Crippen molar-refractivity contribution in [2.75, 3.05) is 20.1 Å². The minimum atomic E-state index is -0.119.